The van der Waals surface area contributed by atoms with Crippen LogP contribution >= 0.6 is 0 Å². The van der Waals surface area contributed by atoms with E-state index in [0.29, 0.717) is 5.75 Å². The van der Waals surface area contributed by atoms with Crippen molar-refractivity contribution in [2.75, 3.05) is 27.8 Å². The van der Waals surface area contributed by atoms with Crippen LogP contribution in [0.25, 0.3) is 0 Å². The molecule has 1 aliphatic rings. The maximum atomic E-state index is 11.2. The average Bonchev–Trinajstić information content (AvgIpc) is 2.94. The second-order valence-corrected chi connectivity index (χ2v) is 7.82. The molecule has 0 aromatic heterocycles. The number of hydrogen-bond acceptors (Lipinski definition) is 5. The standard InChI is InChI=1S/C25H26N2O4/c1-26-14-13-19-15-22(30-2)23(31-3)16-21(19)24(17-7-5-4-6-8-17)25(26)18-9-11-20(12-10-18)27(28)29/h4-12,15-16,24-25H,13-14H2,1-3H3/t24-,25+/m1/s1. The van der Waals surface area contributed by atoms with E-state index in [-0.39, 0.29) is 22.6 Å². The Kier molecular flexibility index (Phi) is 5.91. The number of likely N-dealkylation sites (N-methyl/N-ethyl adjacent to an activating group) is 1. The van der Waals surface area contributed by atoms with E-state index in [1.165, 1.54) is 16.7 Å². The van der Waals surface area contributed by atoms with E-state index in [1.807, 2.05) is 30.3 Å². The largest absolute Gasteiger partial charge is 0.493 e. The Hall–Kier alpha value is -3.38. The molecule has 1 aliphatic heterocycles. The second-order valence-electron chi connectivity index (χ2n) is 7.82. The van der Waals surface area contributed by atoms with Crippen molar-refractivity contribution in [2.45, 2.75) is 18.4 Å². The summed E-state index contributed by atoms with van der Waals surface area (Å²) in [6.45, 7) is 0.855. The van der Waals surface area contributed by atoms with Crippen LogP contribution in [0.5, 0.6) is 11.5 Å². The number of rotatable bonds is 5. The lowest BCUT2D eigenvalue weighted by atomic mass is 9.80. The first kappa shape index (κ1) is 20.9. The van der Waals surface area contributed by atoms with E-state index in [4.69, 9.17) is 9.47 Å². The molecule has 0 radical (unpaired) electrons. The van der Waals surface area contributed by atoms with Crippen LogP contribution < -0.4 is 9.47 Å². The fraction of sp³-hybridized carbons (Fsp3) is 0.280. The van der Waals surface area contributed by atoms with Crippen molar-refractivity contribution >= 4 is 5.69 Å². The summed E-state index contributed by atoms with van der Waals surface area (Å²) >= 11 is 0. The van der Waals surface area contributed by atoms with Gasteiger partial charge < -0.3 is 9.47 Å². The number of hydrogen-bond donors (Lipinski definition) is 0. The van der Waals surface area contributed by atoms with Crippen LogP contribution in [-0.2, 0) is 6.42 Å². The molecular weight excluding hydrogens is 392 g/mol. The summed E-state index contributed by atoms with van der Waals surface area (Å²) in [4.78, 5) is 13.1. The highest BCUT2D eigenvalue weighted by Crippen LogP contribution is 2.46. The minimum Gasteiger partial charge on any atom is -0.493 e. The van der Waals surface area contributed by atoms with Gasteiger partial charge in [-0.05, 0) is 47.9 Å². The molecule has 3 aromatic rings. The number of nitro groups is 1. The van der Waals surface area contributed by atoms with Crippen molar-refractivity contribution < 1.29 is 14.4 Å². The molecule has 0 aliphatic carbocycles. The Labute approximate surface area is 182 Å². The number of non-ortho nitro benzene ring substituents is 1. The van der Waals surface area contributed by atoms with Crippen LogP contribution in [0.15, 0.2) is 66.7 Å². The molecule has 1 heterocycles. The van der Waals surface area contributed by atoms with E-state index < -0.39 is 0 Å². The number of fused-ring (bicyclic) bond motifs is 1. The molecule has 0 spiro atoms. The number of benzene rings is 3. The van der Waals surface area contributed by atoms with Crippen LogP contribution in [0.1, 0.15) is 34.2 Å². The third-order valence-corrected chi connectivity index (χ3v) is 6.11. The van der Waals surface area contributed by atoms with Gasteiger partial charge in [-0.3, -0.25) is 15.0 Å². The van der Waals surface area contributed by atoms with Crippen molar-refractivity contribution in [3.8, 4) is 11.5 Å². The van der Waals surface area contributed by atoms with Gasteiger partial charge in [-0.1, -0.05) is 42.5 Å². The molecular formula is C25H26N2O4. The maximum Gasteiger partial charge on any atom is 0.269 e. The highest BCUT2D eigenvalue weighted by molar-refractivity contribution is 5.53. The van der Waals surface area contributed by atoms with E-state index in [0.717, 1.165) is 24.3 Å². The first-order chi connectivity index (χ1) is 15.0. The molecule has 160 valence electrons. The molecule has 0 amide bonds. The monoisotopic (exact) mass is 418 g/mol. The van der Waals surface area contributed by atoms with Gasteiger partial charge in [0.2, 0.25) is 0 Å². The number of nitro benzene ring substituents is 1. The number of nitrogens with zero attached hydrogens (tertiary/aromatic N) is 2. The summed E-state index contributed by atoms with van der Waals surface area (Å²) in [5, 5.41) is 11.2. The van der Waals surface area contributed by atoms with Crippen molar-refractivity contribution in [1.82, 2.24) is 4.90 Å². The lowest BCUT2D eigenvalue weighted by molar-refractivity contribution is -0.384. The summed E-state index contributed by atoms with van der Waals surface area (Å²) in [5.41, 5.74) is 4.75. The summed E-state index contributed by atoms with van der Waals surface area (Å²) in [6.07, 6.45) is 0.874. The molecule has 6 heteroatoms. The lowest BCUT2D eigenvalue weighted by Gasteiger charge is -2.34. The minimum absolute atomic E-state index is 0.0163. The van der Waals surface area contributed by atoms with Gasteiger partial charge in [-0.25, -0.2) is 0 Å². The van der Waals surface area contributed by atoms with Crippen LogP contribution in [0.3, 0.4) is 0 Å². The topological polar surface area (TPSA) is 64.8 Å². The maximum absolute atomic E-state index is 11.2. The summed E-state index contributed by atoms with van der Waals surface area (Å²) in [6, 6.07) is 21.5. The summed E-state index contributed by atoms with van der Waals surface area (Å²) in [7, 11) is 5.42. The predicted molar refractivity (Wildman–Crippen MR) is 120 cm³/mol. The third-order valence-electron chi connectivity index (χ3n) is 6.11. The van der Waals surface area contributed by atoms with Gasteiger partial charge in [0.1, 0.15) is 0 Å². The number of methoxy groups -OCH3 is 2. The van der Waals surface area contributed by atoms with Crippen molar-refractivity contribution in [2.24, 2.45) is 0 Å². The molecule has 4 rings (SSSR count). The van der Waals surface area contributed by atoms with Gasteiger partial charge in [0.15, 0.2) is 11.5 Å². The van der Waals surface area contributed by atoms with E-state index in [2.05, 4.69) is 36.2 Å². The van der Waals surface area contributed by atoms with Gasteiger partial charge in [0.25, 0.3) is 5.69 Å². The first-order valence-corrected chi connectivity index (χ1v) is 10.3. The second kappa shape index (κ2) is 8.78. The van der Waals surface area contributed by atoms with Crippen LogP contribution in [0, 0.1) is 10.1 Å². The van der Waals surface area contributed by atoms with Crippen molar-refractivity contribution in [3.05, 3.63) is 99.1 Å². The van der Waals surface area contributed by atoms with Crippen molar-refractivity contribution in [1.29, 1.82) is 0 Å². The van der Waals surface area contributed by atoms with Gasteiger partial charge >= 0.3 is 0 Å². The quantitative estimate of drug-likeness (QED) is 0.432. The summed E-state index contributed by atoms with van der Waals surface area (Å²) < 4.78 is 11.2. The normalized spacial score (nSPS) is 18.7. The first-order valence-electron chi connectivity index (χ1n) is 10.3. The molecule has 0 unspecified atom stereocenters. The molecule has 6 nitrogen and oxygen atoms in total. The third kappa shape index (κ3) is 3.99. The Morgan fingerprint density at radius 1 is 0.935 bits per heavy atom. The van der Waals surface area contributed by atoms with E-state index >= 15 is 0 Å². The zero-order chi connectivity index (χ0) is 22.0. The Morgan fingerprint density at radius 2 is 1.58 bits per heavy atom. The number of ether oxygens (including phenoxy) is 2. The highest BCUT2D eigenvalue weighted by atomic mass is 16.6. The molecule has 0 bridgehead atoms. The average molecular weight is 418 g/mol. The molecule has 2 atom stereocenters. The Morgan fingerprint density at radius 3 is 2.19 bits per heavy atom. The Bertz CT molecular complexity index is 1070. The van der Waals surface area contributed by atoms with Gasteiger partial charge in [-0.2, -0.15) is 0 Å². The van der Waals surface area contributed by atoms with Crippen molar-refractivity contribution in [3.63, 3.8) is 0 Å². The fourth-order valence-electron chi connectivity index (χ4n) is 4.57. The zero-order valence-electron chi connectivity index (χ0n) is 17.9. The highest BCUT2D eigenvalue weighted by Gasteiger charge is 2.34. The molecule has 0 fully saturated rings. The van der Waals surface area contributed by atoms with Gasteiger partial charge in [0, 0.05) is 30.6 Å². The summed E-state index contributed by atoms with van der Waals surface area (Å²) in [5.74, 6) is 1.46. The van der Waals surface area contributed by atoms with Crippen LogP contribution in [-0.4, -0.2) is 37.6 Å². The molecule has 3 aromatic carbocycles. The van der Waals surface area contributed by atoms with Crippen LogP contribution in [0.4, 0.5) is 5.69 Å². The molecule has 0 saturated heterocycles. The SMILES string of the molecule is COc1cc2c(cc1OC)[C@@H](c1ccccc1)[C@H](c1ccc([N+](=O)[O-])cc1)N(C)CC2. The predicted octanol–water partition coefficient (Wildman–Crippen LogP) is 4.97. The minimum atomic E-state index is -0.359. The smallest absolute Gasteiger partial charge is 0.269 e. The fourth-order valence-corrected chi connectivity index (χ4v) is 4.57. The molecule has 0 saturated carbocycles. The Balaban J connectivity index is 1.92. The van der Waals surface area contributed by atoms with Crippen LogP contribution in [0.2, 0.25) is 0 Å². The lowest BCUT2D eigenvalue weighted by Crippen LogP contribution is -2.29. The molecule has 31 heavy (non-hydrogen) atoms. The van der Waals surface area contributed by atoms with E-state index in [1.54, 1.807) is 26.4 Å². The van der Waals surface area contributed by atoms with E-state index in [9.17, 15) is 10.1 Å². The zero-order valence-corrected chi connectivity index (χ0v) is 17.9. The van der Waals surface area contributed by atoms with Gasteiger partial charge in [0.05, 0.1) is 19.1 Å². The molecule has 0 N–H and O–H groups in total. The van der Waals surface area contributed by atoms with Gasteiger partial charge in [-0.15, -0.1) is 0 Å².